The number of halogens is 4. The van der Waals surface area contributed by atoms with Crippen LogP contribution in [0.2, 0.25) is 0 Å². The molecule has 2 aromatic heterocycles. The van der Waals surface area contributed by atoms with Crippen molar-refractivity contribution in [1.82, 2.24) is 19.6 Å². The maximum atomic E-state index is 15.0. The molecule has 0 aliphatic heterocycles. The number of nitrogens with zero attached hydrogens (tertiary/aromatic N) is 5. The van der Waals surface area contributed by atoms with Gasteiger partial charge in [0.15, 0.2) is 0 Å². The molecule has 2 heterocycles. The Balaban J connectivity index is 1.74. The first-order valence-electron chi connectivity index (χ1n) is 10.4. The highest BCUT2D eigenvalue weighted by molar-refractivity contribution is 5.94. The summed E-state index contributed by atoms with van der Waals surface area (Å²) < 4.78 is 58.4. The number of fused-ring (bicyclic) bond motifs is 3. The van der Waals surface area contributed by atoms with Gasteiger partial charge < -0.3 is 4.90 Å². The van der Waals surface area contributed by atoms with Crippen molar-refractivity contribution in [3.63, 3.8) is 0 Å². The molecule has 168 valence electrons. The standard InChI is InChI=1S/C24H19F4N5/c1-14-30-31-23-29-22(21-18(26)4-3-5-19(21)33(14)23)32(13-20(27)28)17-11-15(10-16(25)12-17)6-7-24(2)8-9-24/h3-5,10-12,20H,8-9,13H2,1-2H3. The molecule has 0 spiro atoms. The number of hydrogen-bond acceptors (Lipinski definition) is 4. The van der Waals surface area contributed by atoms with E-state index in [2.05, 4.69) is 27.0 Å². The number of rotatable bonds is 4. The van der Waals surface area contributed by atoms with Gasteiger partial charge in [-0.25, -0.2) is 17.6 Å². The van der Waals surface area contributed by atoms with E-state index in [1.165, 1.54) is 24.3 Å². The van der Waals surface area contributed by atoms with Gasteiger partial charge in [-0.2, -0.15) is 4.98 Å². The zero-order valence-corrected chi connectivity index (χ0v) is 17.9. The molecule has 1 aliphatic carbocycles. The minimum atomic E-state index is -2.80. The molecule has 0 unspecified atom stereocenters. The first-order chi connectivity index (χ1) is 15.7. The first kappa shape index (κ1) is 21.2. The Morgan fingerprint density at radius 2 is 1.94 bits per heavy atom. The summed E-state index contributed by atoms with van der Waals surface area (Å²) in [4.78, 5) is 5.46. The van der Waals surface area contributed by atoms with Crippen LogP contribution in [0.3, 0.4) is 0 Å². The Kier molecular flexibility index (Phi) is 4.96. The van der Waals surface area contributed by atoms with Crippen molar-refractivity contribution in [3.8, 4) is 11.8 Å². The topological polar surface area (TPSA) is 46.3 Å². The summed E-state index contributed by atoms with van der Waals surface area (Å²) in [6, 6.07) is 8.23. The Bertz CT molecular complexity index is 1450. The van der Waals surface area contributed by atoms with E-state index in [0.717, 1.165) is 23.8 Å². The summed E-state index contributed by atoms with van der Waals surface area (Å²) in [7, 11) is 0. The van der Waals surface area contributed by atoms with Gasteiger partial charge in [-0.1, -0.05) is 17.9 Å². The molecule has 0 N–H and O–H groups in total. The molecular formula is C24H19F4N5. The monoisotopic (exact) mass is 453 g/mol. The first-order valence-corrected chi connectivity index (χ1v) is 10.4. The highest BCUT2D eigenvalue weighted by Crippen LogP contribution is 2.44. The molecule has 9 heteroatoms. The van der Waals surface area contributed by atoms with Gasteiger partial charge in [-0.05, 0) is 57.0 Å². The third kappa shape index (κ3) is 3.97. The van der Waals surface area contributed by atoms with Gasteiger partial charge in [-0.3, -0.25) is 4.40 Å². The highest BCUT2D eigenvalue weighted by Gasteiger charge is 2.35. The average Bonchev–Trinajstić information content (AvgIpc) is 3.39. The Labute approximate surface area is 187 Å². The van der Waals surface area contributed by atoms with Crippen LogP contribution in [0.25, 0.3) is 16.7 Å². The van der Waals surface area contributed by atoms with Crippen molar-refractivity contribution in [1.29, 1.82) is 0 Å². The predicted molar refractivity (Wildman–Crippen MR) is 117 cm³/mol. The molecule has 0 atom stereocenters. The van der Waals surface area contributed by atoms with Gasteiger partial charge in [0, 0.05) is 16.7 Å². The van der Waals surface area contributed by atoms with Crippen LogP contribution in [0.4, 0.5) is 29.1 Å². The van der Waals surface area contributed by atoms with Crippen LogP contribution in [0, 0.1) is 35.8 Å². The summed E-state index contributed by atoms with van der Waals surface area (Å²) in [5.74, 6) is 5.26. The number of alkyl halides is 2. The molecular weight excluding hydrogens is 434 g/mol. The van der Waals surface area contributed by atoms with Crippen molar-refractivity contribution in [3.05, 3.63) is 59.4 Å². The number of aromatic nitrogens is 4. The summed E-state index contributed by atoms with van der Waals surface area (Å²) in [6.45, 7) is 2.87. The molecule has 1 aliphatic rings. The van der Waals surface area contributed by atoms with E-state index in [1.54, 1.807) is 17.4 Å². The molecule has 4 aromatic rings. The van der Waals surface area contributed by atoms with Crippen LogP contribution in [0.1, 0.15) is 31.2 Å². The molecule has 0 saturated heterocycles. The third-order valence-electron chi connectivity index (χ3n) is 5.75. The lowest BCUT2D eigenvalue weighted by molar-refractivity contribution is 0.158. The molecule has 0 radical (unpaired) electrons. The van der Waals surface area contributed by atoms with Crippen molar-refractivity contribution < 1.29 is 17.6 Å². The molecule has 0 bridgehead atoms. The van der Waals surface area contributed by atoms with Crippen molar-refractivity contribution in [2.24, 2.45) is 5.41 Å². The molecule has 2 aromatic carbocycles. The van der Waals surface area contributed by atoms with Gasteiger partial charge in [0.05, 0.1) is 17.4 Å². The number of aryl methyl sites for hydroxylation is 1. The lowest BCUT2D eigenvalue weighted by Crippen LogP contribution is -2.26. The maximum Gasteiger partial charge on any atom is 0.257 e. The van der Waals surface area contributed by atoms with Gasteiger partial charge >= 0.3 is 0 Å². The van der Waals surface area contributed by atoms with E-state index in [1.807, 2.05) is 6.92 Å². The predicted octanol–water partition coefficient (Wildman–Crippen LogP) is 5.42. The molecule has 0 amide bonds. The van der Waals surface area contributed by atoms with E-state index in [-0.39, 0.29) is 28.1 Å². The molecule has 5 nitrogen and oxygen atoms in total. The van der Waals surface area contributed by atoms with Crippen LogP contribution in [-0.2, 0) is 0 Å². The fourth-order valence-corrected chi connectivity index (χ4v) is 3.76. The lowest BCUT2D eigenvalue weighted by Gasteiger charge is -2.25. The van der Waals surface area contributed by atoms with Gasteiger partial charge in [0.25, 0.3) is 12.2 Å². The molecule has 1 fully saturated rings. The summed E-state index contributed by atoms with van der Waals surface area (Å²) >= 11 is 0. The second-order valence-electron chi connectivity index (χ2n) is 8.46. The van der Waals surface area contributed by atoms with E-state index in [4.69, 9.17) is 0 Å². The Morgan fingerprint density at radius 1 is 1.15 bits per heavy atom. The second-order valence-corrected chi connectivity index (χ2v) is 8.46. The van der Waals surface area contributed by atoms with Crippen LogP contribution >= 0.6 is 0 Å². The average molecular weight is 453 g/mol. The largest absolute Gasteiger partial charge is 0.320 e. The van der Waals surface area contributed by atoms with E-state index in [0.29, 0.717) is 16.9 Å². The van der Waals surface area contributed by atoms with Crippen LogP contribution in [-0.4, -0.2) is 32.6 Å². The zero-order chi connectivity index (χ0) is 23.3. The fourth-order valence-electron chi connectivity index (χ4n) is 3.76. The Morgan fingerprint density at radius 3 is 2.67 bits per heavy atom. The van der Waals surface area contributed by atoms with Gasteiger partial charge in [0.2, 0.25) is 0 Å². The summed E-state index contributed by atoms with van der Waals surface area (Å²) in [5.41, 5.74) is 0.724. The third-order valence-corrected chi connectivity index (χ3v) is 5.75. The molecule has 33 heavy (non-hydrogen) atoms. The van der Waals surface area contributed by atoms with Crippen molar-refractivity contribution in [2.45, 2.75) is 33.1 Å². The minimum Gasteiger partial charge on any atom is -0.320 e. The van der Waals surface area contributed by atoms with Crippen LogP contribution in [0.15, 0.2) is 36.4 Å². The van der Waals surface area contributed by atoms with E-state index in [9.17, 15) is 13.2 Å². The van der Waals surface area contributed by atoms with Crippen molar-refractivity contribution >= 4 is 28.2 Å². The van der Waals surface area contributed by atoms with Gasteiger partial charge in [-0.15, -0.1) is 10.2 Å². The highest BCUT2D eigenvalue weighted by atomic mass is 19.3. The van der Waals surface area contributed by atoms with Crippen molar-refractivity contribution in [2.75, 3.05) is 11.4 Å². The maximum absolute atomic E-state index is 15.0. The number of hydrogen-bond donors (Lipinski definition) is 0. The summed E-state index contributed by atoms with van der Waals surface area (Å²) in [5, 5.41) is 7.97. The molecule has 5 rings (SSSR count). The van der Waals surface area contributed by atoms with E-state index < -0.39 is 24.6 Å². The lowest BCUT2D eigenvalue weighted by atomic mass is 10.1. The molecule has 1 saturated carbocycles. The number of benzene rings is 2. The fraction of sp³-hybridized carbons (Fsp3) is 0.292. The smallest absolute Gasteiger partial charge is 0.257 e. The van der Waals surface area contributed by atoms with Crippen LogP contribution in [0.5, 0.6) is 0 Å². The van der Waals surface area contributed by atoms with Gasteiger partial charge in [0.1, 0.15) is 23.3 Å². The quantitative estimate of drug-likeness (QED) is 0.306. The van der Waals surface area contributed by atoms with Crippen LogP contribution < -0.4 is 4.90 Å². The summed E-state index contributed by atoms with van der Waals surface area (Å²) in [6.07, 6.45) is -0.869. The van der Waals surface area contributed by atoms with E-state index >= 15 is 4.39 Å². The zero-order valence-electron chi connectivity index (χ0n) is 17.9. The minimum absolute atomic E-state index is 0.0101. The second kappa shape index (κ2) is 7.73. The number of anilines is 2. The SMILES string of the molecule is Cc1nnc2nc(N(CC(F)F)c3cc(F)cc(C#CC4(C)CC4)c3)c3c(F)cccc3n12. The Hall–Kier alpha value is -3.67. The normalized spacial score (nSPS) is 14.5.